The Balaban J connectivity index is 1.68. The zero-order chi connectivity index (χ0) is 21.5. The van der Waals surface area contributed by atoms with Crippen molar-refractivity contribution >= 4 is 40.6 Å². The van der Waals surface area contributed by atoms with E-state index >= 15 is 0 Å². The average molecular weight is 444 g/mol. The first-order chi connectivity index (χ1) is 14.4. The highest BCUT2D eigenvalue weighted by molar-refractivity contribution is 7.80. The molecule has 1 saturated carbocycles. The van der Waals surface area contributed by atoms with Gasteiger partial charge in [-0.2, -0.15) is 0 Å². The molecule has 1 aliphatic carbocycles. The highest BCUT2D eigenvalue weighted by atomic mass is 35.5. The van der Waals surface area contributed by atoms with E-state index in [1.165, 1.54) is 5.56 Å². The molecule has 0 amide bonds. The number of benzene rings is 2. The minimum Gasteiger partial charge on any atom is -0.550 e. The van der Waals surface area contributed by atoms with Gasteiger partial charge < -0.3 is 20.1 Å². The Labute approximate surface area is 189 Å². The van der Waals surface area contributed by atoms with Crippen LogP contribution in [0.1, 0.15) is 43.7 Å². The van der Waals surface area contributed by atoms with Crippen LogP contribution in [0.2, 0.25) is 5.02 Å². The maximum atomic E-state index is 11.1. The van der Waals surface area contributed by atoms with Crippen molar-refractivity contribution in [3.8, 4) is 0 Å². The smallest absolute Gasteiger partial charge is 0.173 e. The normalized spacial score (nSPS) is 18.6. The van der Waals surface area contributed by atoms with Gasteiger partial charge in [0, 0.05) is 29.8 Å². The Morgan fingerprint density at radius 3 is 2.23 bits per heavy atom. The first-order valence-electron chi connectivity index (χ1n) is 10.5. The molecule has 0 atom stereocenters. The van der Waals surface area contributed by atoms with Crippen molar-refractivity contribution in [1.29, 1.82) is 0 Å². The molecule has 0 radical (unpaired) electrons. The molecule has 0 aromatic heterocycles. The van der Waals surface area contributed by atoms with Crippen LogP contribution in [0.4, 0.5) is 5.69 Å². The molecule has 0 heterocycles. The molecule has 160 valence electrons. The molecule has 1 aliphatic rings. The summed E-state index contributed by atoms with van der Waals surface area (Å²) in [5.74, 6) is -0.817. The molecule has 0 aliphatic heterocycles. The number of carboxylic acid groups (broad SMARTS) is 1. The lowest BCUT2D eigenvalue weighted by Crippen LogP contribution is -2.40. The fourth-order valence-electron chi connectivity index (χ4n) is 3.95. The summed E-state index contributed by atoms with van der Waals surface area (Å²) in [6.07, 6.45) is 4.12. The van der Waals surface area contributed by atoms with Crippen LogP contribution >= 0.6 is 23.8 Å². The van der Waals surface area contributed by atoms with Gasteiger partial charge in [0.1, 0.15) is 0 Å². The topological polar surface area (TPSA) is 55.4 Å². The number of carbonyl (C=O) groups is 1. The third kappa shape index (κ3) is 6.44. The number of halogens is 1. The molecule has 4 nitrogen and oxygen atoms in total. The lowest BCUT2D eigenvalue weighted by atomic mass is 9.82. The number of carboxylic acids is 1. The Morgan fingerprint density at radius 2 is 1.67 bits per heavy atom. The van der Waals surface area contributed by atoms with Gasteiger partial charge in [-0.1, -0.05) is 42.8 Å². The van der Waals surface area contributed by atoms with Crippen molar-refractivity contribution in [2.45, 2.75) is 45.6 Å². The van der Waals surface area contributed by atoms with Crippen LogP contribution in [0.3, 0.4) is 0 Å². The second kappa shape index (κ2) is 10.8. The molecule has 6 heteroatoms. The number of aryl methyl sites for hydroxylation is 1. The minimum absolute atomic E-state index is 0.312. The standard InChI is InChI=1S/C24H29ClN2O2S/c1-2-17-7-13-22(14-8-17)26-24(30)27(16-19-5-11-21(25)12-6-19)15-18-3-9-20(10-4-18)23(28)29/h5-8,11-14,18,20H,2-4,9-10,15-16H2,1H3,(H,26,30)(H,28,29)/p-1. The summed E-state index contributed by atoms with van der Waals surface area (Å²) in [7, 11) is 0. The van der Waals surface area contributed by atoms with Gasteiger partial charge in [-0.25, -0.2) is 0 Å². The van der Waals surface area contributed by atoms with Gasteiger partial charge in [0.05, 0.1) is 0 Å². The van der Waals surface area contributed by atoms with E-state index in [1.807, 2.05) is 24.3 Å². The number of nitrogens with zero attached hydrogens (tertiary/aromatic N) is 1. The van der Waals surface area contributed by atoms with Crippen LogP contribution in [0, 0.1) is 11.8 Å². The van der Waals surface area contributed by atoms with Gasteiger partial charge in [0.2, 0.25) is 0 Å². The Bertz CT molecular complexity index is 847. The Morgan fingerprint density at radius 1 is 1.07 bits per heavy atom. The molecule has 2 aromatic carbocycles. The van der Waals surface area contributed by atoms with Gasteiger partial charge in [0.15, 0.2) is 5.11 Å². The number of thiocarbonyl (C=S) groups is 1. The highest BCUT2D eigenvalue weighted by Crippen LogP contribution is 2.29. The number of hydrogen-bond acceptors (Lipinski definition) is 3. The number of aliphatic carboxylic acids is 1. The second-order valence-electron chi connectivity index (χ2n) is 8.02. The SMILES string of the molecule is CCc1ccc(NC(=S)N(Cc2ccc(Cl)cc2)CC2CCC(C(=O)[O-])CC2)cc1. The summed E-state index contributed by atoms with van der Waals surface area (Å²) >= 11 is 11.8. The predicted octanol–water partition coefficient (Wildman–Crippen LogP) is 4.66. The summed E-state index contributed by atoms with van der Waals surface area (Å²) in [5, 5.41) is 15.9. The largest absolute Gasteiger partial charge is 0.550 e. The van der Waals surface area contributed by atoms with E-state index in [4.69, 9.17) is 23.8 Å². The molecule has 3 rings (SSSR count). The van der Waals surface area contributed by atoms with Crippen LogP contribution in [-0.4, -0.2) is 22.5 Å². The minimum atomic E-state index is -0.917. The quantitative estimate of drug-likeness (QED) is 0.631. The van der Waals surface area contributed by atoms with E-state index in [9.17, 15) is 9.90 Å². The van der Waals surface area contributed by atoms with Crippen LogP contribution < -0.4 is 10.4 Å². The molecule has 0 spiro atoms. The lowest BCUT2D eigenvalue weighted by Gasteiger charge is -2.34. The third-order valence-corrected chi connectivity index (χ3v) is 6.46. The zero-order valence-electron chi connectivity index (χ0n) is 17.3. The van der Waals surface area contributed by atoms with E-state index in [1.54, 1.807) is 0 Å². The average Bonchev–Trinajstić information content (AvgIpc) is 2.75. The second-order valence-corrected chi connectivity index (χ2v) is 8.85. The van der Waals surface area contributed by atoms with Crippen molar-refractivity contribution in [1.82, 2.24) is 4.90 Å². The molecular weight excluding hydrogens is 416 g/mol. The molecule has 0 bridgehead atoms. The van der Waals surface area contributed by atoms with Crippen LogP contribution in [0.15, 0.2) is 48.5 Å². The fraction of sp³-hybridized carbons (Fsp3) is 0.417. The highest BCUT2D eigenvalue weighted by Gasteiger charge is 2.24. The van der Waals surface area contributed by atoms with E-state index in [-0.39, 0.29) is 5.92 Å². The third-order valence-electron chi connectivity index (χ3n) is 5.85. The van der Waals surface area contributed by atoms with Crippen molar-refractivity contribution in [2.75, 3.05) is 11.9 Å². The monoisotopic (exact) mass is 443 g/mol. The Hall–Kier alpha value is -2.11. The summed E-state index contributed by atoms with van der Waals surface area (Å²) in [6, 6.07) is 16.1. The van der Waals surface area contributed by atoms with E-state index in [0.29, 0.717) is 35.4 Å². The van der Waals surface area contributed by atoms with Crippen molar-refractivity contribution in [2.24, 2.45) is 11.8 Å². The van der Waals surface area contributed by atoms with Crippen LogP contribution in [-0.2, 0) is 17.8 Å². The fourth-order valence-corrected chi connectivity index (χ4v) is 4.33. The summed E-state index contributed by atoms with van der Waals surface area (Å²) in [6.45, 7) is 3.60. The summed E-state index contributed by atoms with van der Waals surface area (Å²) in [5.41, 5.74) is 3.39. The summed E-state index contributed by atoms with van der Waals surface area (Å²) < 4.78 is 0. The molecule has 0 unspecified atom stereocenters. The summed E-state index contributed by atoms with van der Waals surface area (Å²) in [4.78, 5) is 13.3. The van der Waals surface area contributed by atoms with E-state index in [2.05, 4.69) is 41.4 Å². The molecule has 2 aromatic rings. The number of nitrogens with one attached hydrogen (secondary N) is 1. The number of hydrogen-bond donors (Lipinski definition) is 1. The maximum absolute atomic E-state index is 11.1. The molecule has 1 N–H and O–H groups in total. The Kier molecular flexibility index (Phi) is 8.11. The van der Waals surface area contributed by atoms with Gasteiger partial charge in [0.25, 0.3) is 0 Å². The van der Waals surface area contributed by atoms with Crippen LogP contribution in [0.5, 0.6) is 0 Å². The van der Waals surface area contributed by atoms with Gasteiger partial charge in [-0.05, 0) is 91.6 Å². The van der Waals surface area contributed by atoms with Gasteiger partial charge in [-0.3, -0.25) is 0 Å². The maximum Gasteiger partial charge on any atom is 0.173 e. The number of rotatable bonds is 7. The van der Waals surface area contributed by atoms with E-state index in [0.717, 1.165) is 37.1 Å². The number of carbonyl (C=O) groups excluding carboxylic acids is 1. The van der Waals surface area contributed by atoms with E-state index < -0.39 is 5.97 Å². The first kappa shape index (κ1) is 22.6. The molecule has 0 saturated heterocycles. The molecule has 30 heavy (non-hydrogen) atoms. The van der Waals surface area contributed by atoms with Gasteiger partial charge in [-0.15, -0.1) is 0 Å². The lowest BCUT2D eigenvalue weighted by molar-refractivity contribution is -0.312. The zero-order valence-corrected chi connectivity index (χ0v) is 18.8. The molecule has 1 fully saturated rings. The van der Waals surface area contributed by atoms with Crippen molar-refractivity contribution in [3.05, 3.63) is 64.7 Å². The predicted molar refractivity (Wildman–Crippen MR) is 124 cm³/mol. The van der Waals surface area contributed by atoms with Crippen LogP contribution in [0.25, 0.3) is 0 Å². The molecular formula is C24H28ClN2O2S-. The van der Waals surface area contributed by atoms with Crippen molar-refractivity contribution in [3.63, 3.8) is 0 Å². The van der Waals surface area contributed by atoms with Gasteiger partial charge >= 0.3 is 0 Å². The number of anilines is 1. The first-order valence-corrected chi connectivity index (χ1v) is 11.3. The van der Waals surface area contributed by atoms with Crippen molar-refractivity contribution < 1.29 is 9.90 Å².